The van der Waals surface area contributed by atoms with Crippen molar-refractivity contribution in [2.24, 2.45) is 0 Å². The van der Waals surface area contributed by atoms with Crippen LogP contribution in [0.15, 0.2) is 24.3 Å². The van der Waals surface area contributed by atoms with Crippen molar-refractivity contribution in [3.05, 3.63) is 52.1 Å². The molecule has 13 nitrogen and oxygen atoms in total. The number of carboxylic acids is 2. The third kappa shape index (κ3) is 7.92. The average Bonchev–Trinajstić information content (AvgIpc) is 3.17. The molecule has 1 saturated heterocycles. The number of ether oxygens (including phenoxy) is 4. The van der Waals surface area contributed by atoms with Gasteiger partial charge in [0.15, 0.2) is 12.4 Å². The Hall–Kier alpha value is -4.59. The van der Waals surface area contributed by atoms with Gasteiger partial charge in [0, 0.05) is 5.56 Å². The summed E-state index contributed by atoms with van der Waals surface area (Å²) >= 11 is 0.516. The number of Topliss-reactive ketones (excluding diaryl/α,β-unsaturated/α-hetero) is 1. The van der Waals surface area contributed by atoms with Crippen LogP contribution in [0.5, 0.6) is 17.2 Å². The van der Waals surface area contributed by atoms with E-state index in [0.717, 1.165) is 5.56 Å². The van der Waals surface area contributed by atoms with Gasteiger partial charge in [-0.3, -0.25) is 28.9 Å². The summed E-state index contributed by atoms with van der Waals surface area (Å²) in [7, 11) is 0. The molecule has 14 heteroatoms. The minimum absolute atomic E-state index is 0.00188. The average molecular weight is 686 g/mol. The lowest BCUT2D eigenvalue weighted by molar-refractivity contribution is -0.157. The summed E-state index contributed by atoms with van der Waals surface area (Å²) in [4.78, 5) is 74.6. The highest BCUT2D eigenvalue weighted by Crippen LogP contribution is 2.45. The van der Waals surface area contributed by atoms with Crippen molar-refractivity contribution in [1.29, 1.82) is 0 Å². The number of carboxylic acid groups (broad SMARTS) is 2. The minimum atomic E-state index is -1.69. The van der Waals surface area contributed by atoms with Crippen LogP contribution in [0.3, 0.4) is 0 Å². The molecule has 0 bridgehead atoms. The summed E-state index contributed by atoms with van der Waals surface area (Å²) in [6, 6.07) is 6.47. The second kappa shape index (κ2) is 13.5. The SMILES string of the molecule is Cc1c(C)c2c(c(C)c1OCC(=O)OC(C)(C)C)C(=O)CC(C)(COc1ccc(CC3(CC(=O)O)SC(=O)N(CC(=O)O)C3=O)cc1)O2. The van der Waals surface area contributed by atoms with Crippen molar-refractivity contribution in [2.75, 3.05) is 19.8 Å². The van der Waals surface area contributed by atoms with Crippen molar-refractivity contribution in [1.82, 2.24) is 4.90 Å². The quantitative estimate of drug-likeness (QED) is 0.294. The summed E-state index contributed by atoms with van der Waals surface area (Å²) in [6.45, 7) is 11.3. The van der Waals surface area contributed by atoms with E-state index >= 15 is 0 Å². The number of esters is 1. The maximum absolute atomic E-state index is 13.5. The number of benzene rings is 2. The van der Waals surface area contributed by atoms with Gasteiger partial charge in [-0.1, -0.05) is 12.1 Å². The minimum Gasteiger partial charge on any atom is -0.489 e. The topological polar surface area (TPSA) is 183 Å². The first-order valence-corrected chi connectivity index (χ1v) is 16.0. The fourth-order valence-electron chi connectivity index (χ4n) is 5.73. The van der Waals surface area contributed by atoms with E-state index in [0.29, 0.717) is 56.2 Å². The molecular formula is C34H39NO12S. The molecule has 2 aliphatic rings. The van der Waals surface area contributed by atoms with Gasteiger partial charge < -0.3 is 29.2 Å². The van der Waals surface area contributed by atoms with E-state index in [2.05, 4.69) is 0 Å². The molecule has 4 rings (SSSR count). The van der Waals surface area contributed by atoms with Crippen molar-refractivity contribution in [2.45, 2.75) is 83.7 Å². The van der Waals surface area contributed by atoms with E-state index in [4.69, 9.17) is 24.1 Å². The Labute approximate surface area is 281 Å². The Morgan fingerprint density at radius 1 is 0.958 bits per heavy atom. The zero-order valence-corrected chi connectivity index (χ0v) is 28.7. The number of hydrogen-bond acceptors (Lipinski definition) is 11. The van der Waals surface area contributed by atoms with E-state index in [-0.39, 0.29) is 31.8 Å². The molecule has 0 aromatic heterocycles. The van der Waals surface area contributed by atoms with Gasteiger partial charge in [0.05, 0.1) is 18.4 Å². The Kier molecular flexibility index (Phi) is 10.2. The van der Waals surface area contributed by atoms with Crippen LogP contribution in [0.4, 0.5) is 4.79 Å². The van der Waals surface area contributed by atoms with Crippen molar-refractivity contribution >= 4 is 46.6 Å². The molecule has 1 fully saturated rings. The summed E-state index contributed by atoms with van der Waals surface area (Å²) < 4.78 is 21.9. The van der Waals surface area contributed by atoms with Crippen LogP contribution >= 0.6 is 11.8 Å². The van der Waals surface area contributed by atoms with E-state index in [1.807, 2.05) is 13.8 Å². The van der Waals surface area contributed by atoms with Gasteiger partial charge in [-0.15, -0.1) is 0 Å². The number of ketones is 1. The van der Waals surface area contributed by atoms with Crippen LogP contribution in [-0.2, 0) is 30.3 Å². The number of rotatable bonds is 12. The van der Waals surface area contributed by atoms with Gasteiger partial charge in [0.1, 0.15) is 46.3 Å². The van der Waals surface area contributed by atoms with Crippen LogP contribution < -0.4 is 14.2 Å². The molecule has 258 valence electrons. The van der Waals surface area contributed by atoms with Gasteiger partial charge in [-0.2, -0.15) is 0 Å². The maximum atomic E-state index is 13.5. The number of fused-ring (bicyclic) bond motifs is 1. The highest BCUT2D eigenvalue weighted by atomic mass is 32.2. The van der Waals surface area contributed by atoms with Gasteiger partial charge >= 0.3 is 17.9 Å². The van der Waals surface area contributed by atoms with E-state index in [1.165, 1.54) is 0 Å². The Bertz CT molecular complexity index is 1680. The zero-order chi connectivity index (χ0) is 35.8. The lowest BCUT2D eigenvalue weighted by Gasteiger charge is -2.37. The molecule has 48 heavy (non-hydrogen) atoms. The molecule has 2 heterocycles. The highest BCUT2D eigenvalue weighted by Gasteiger charge is 2.54. The molecule has 2 aromatic carbocycles. The predicted molar refractivity (Wildman–Crippen MR) is 173 cm³/mol. The first kappa shape index (κ1) is 36.2. The Morgan fingerprint density at radius 2 is 1.60 bits per heavy atom. The smallest absolute Gasteiger partial charge is 0.344 e. The third-order valence-electron chi connectivity index (χ3n) is 7.93. The molecule has 0 spiro atoms. The van der Waals surface area contributed by atoms with Crippen molar-refractivity contribution < 1.29 is 57.9 Å². The Morgan fingerprint density at radius 3 is 2.19 bits per heavy atom. The van der Waals surface area contributed by atoms with Crippen molar-refractivity contribution in [3.8, 4) is 17.2 Å². The number of carbonyl (C=O) groups is 6. The van der Waals surface area contributed by atoms with Crippen LogP contribution in [0.25, 0.3) is 0 Å². The summed E-state index contributed by atoms with van der Waals surface area (Å²) in [6.07, 6.45) is -0.791. The number of aliphatic carboxylic acids is 2. The van der Waals surface area contributed by atoms with Crippen LogP contribution in [0.2, 0.25) is 0 Å². The first-order chi connectivity index (χ1) is 22.2. The number of imide groups is 1. The first-order valence-electron chi connectivity index (χ1n) is 15.1. The van der Waals surface area contributed by atoms with E-state index in [1.54, 1.807) is 58.9 Å². The molecule has 0 saturated carbocycles. The van der Waals surface area contributed by atoms with Crippen LogP contribution in [0, 0.1) is 20.8 Å². The third-order valence-corrected chi connectivity index (χ3v) is 9.18. The summed E-state index contributed by atoms with van der Waals surface area (Å²) in [5.74, 6) is -3.00. The number of nitrogens with zero attached hydrogens (tertiary/aromatic N) is 1. The zero-order valence-electron chi connectivity index (χ0n) is 27.9. The predicted octanol–water partition coefficient (Wildman–Crippen LogP) is 4.67. The molecule has 2 atom stereocenters. The number of carbonyl (C=O) groups excluding carboxylic acids is 4. The molecular weight excluding hydrogens is 646 g/mol. The van der Waals surface area contributed by atoms with Gasteiger partial charge in [-0.25, -0.2) is 4.79 Å². The maximum Gasteiger partial charge on any atom is 0.344 e. The normalized spacial score (nSPS) is 20.6. The monoisotopic (exact) mass is 685 g/mol. The lowest BCUT2D eigenvalue weighted by atomic mass is 9.86. The van der Waals surface area contributed by atoms with Gasteiger partial charge in [0.2, 0.25) is 5.91 Å². The standard InChI is InChI=1S/C34H39NO12S/c1-18-19(2)29-27(20(3)28(18)44-16-26(41)46-32(4,5)6)23(36)13-33(7,47-29)17-45-22-10-8-21(9-11-22)12-34(14-24(37)38)30(42)35(15-25(39)40)31(43)48-34/h8-11H,12-17H2,1-7H3,(H,37,38)(H,39,40). The molecule has 0 radical (unpaired) electrons. The summed E-state index contributed by atoms with van der Waals surface area (Å²) in [5, 5.41) is 17.8. The van der Waals surface area contributed by atoms with Crippen LogP contribution in [0.1, 0.15) is 73.1 Å². The fraction of sp³-hybridized carbons (Fsp3) is 0.471. The number of thioether (sulfide) groups is 1. The van der Waals surface area contributed by atoms with Crippen molar-refractivity contribution in [3.63, 3.8) is 0 Å². The van der Waals surface area contributed by atoms with E-state index in [9.17, 15) is 33.9 Å². The Balaban J connectivity index is 1.46. The van der Waals surface area contributed by atoms with Gasteiger partial charge in [-0.05, 0) is 95.5 Å². The largest absolute Gasteiger partial charge is 0.489 e. The molecule has 2 aliphatic heterocycles. The molecule has 2 N–H and O–H groups in total. The number of amides is 2. The summed E-state index contributed by atoms with van der Waals surface area (Å²) in [5.41, 5.74) is 1.19. The second-order valence-corrected chi connectivity index (χ2v) is 14.6. The molecule has 0 aliphatic carbocycles. The van der Waals surface area contributed by atoms with E-state index < -0.39 is 58.0 Å². The lowest BCUT2D eigenvalue weighted by Crippen LogP contribution is -2.45. The molecule has 2 amide bonds. The highest BCUT2D eigenvalue weighted by molar-refractivity contribution is 8.16. The molecule has 2 unspecified atom stereocenters. The van der Waals surface area contributed by atoms with Crippen LogP contribution in [-0.4, -0.2) is 85.7 Å². The number of hydrogen-bond donors (Lipinski definition) is 2. The van der Waals surface area contributed by atoms with Gasteiger partial charge in [0.25, 0.3) is 5.24 Å². The molecule has 2 aromatic rings. The second-order valence-electron chi connectivity index (χ2n) is 13.3. The fourth-order valence-corrected chi connectivity index (χ4v) is 6.96.